The third-order valence-electron chi connectivity index (χ3n) is 3.84. The highest BCUT2D eigenvalue weighted by Crippen LogP contribution is 2.23. The van der Waals surface area contributed by atoms with Crippen LogP contribution >= 0.6 is 0 Å². The summed E-state index contributed by atoms with van der Waals surface area (Å²) in [5, 5.41) is 16.1. The smallest absolute Gasteiger partial charge is 0.261 e. The lowest BCUT2D eigenvalue weighted by Gasteiger charge is -2.20. The molecular formula is C16H17N5O3. The lowest BCUT2D eigenvalue weighted by molar-refractivity contribution is 0.0642. The Hall–Kier alpha value is -3.00. The number of nitrogens with one attached hydrogen (secondary N) is 2. The fourth-order valence-electron chi connectivity index (χ4n) is 2.60. The molecular weight excluding hydrogens is 310 g/mol. The number of aliphatic imine (C=N–C) groups is 1. The molecule has 0 saturated carbocycles. The molecule has 24 heavy (non-hydrogen) atoms. The molecule has 8 nitrogen and oxygen atoms in total. The minimum absolute atomic E-state index is 0.0994. The van der Waals surface area contributed by atoms with E-state index in [1.165, 1.54) is 0 Å². The van der Waals surface area contributed by atoms with Crippen LogP contribution in [0.3, 0.4) is 0 Å². The number of aryl methyl sites for hydroxylation is 1. The Morgan fingerprint density at radius 1 is 1.33 bits per heavy atom. The number of imide groups is 1. The maximum atomic E-state index is 12.4. The second-order valence-corrected chi connectivity index (χ2v) is 5.69. The van der Waals surface area contributed by atoms with Crippen molar-refractivity contribution in [3.8, 4) is 0 Å². The quantitative estimate of drug-likeness (QED) is 0.342. The van der Waals surface area contributed by atoms with Gasteiger partial charge in [0.05, 0.1) is 11.1 Å². The Balaban J connectivity index is 1.79. The first kappa shape index (κ1) is 15.9. The van der Waals surface area contributed by atoms with Crippen LogP contribution in [-0.2, 0) is 0 Å². The number of aromatic amines is 1. The van der Waals surface area contributed by atoms with E-state index < -0.39 is 5.92 Å². The number of aromatic nitrogens is 2. The van der Waals surface area contributed by atoms with Crippen molar-refractivity contribution in [1.29, 1.82) is 0 Å². The standard InChI is InChI=1S/C16H17N5O3/c1-9(14(20-24)17-13-7-10(2)18-19-13)8-21-15(22)11-5-3-4-6-12(11)16(21)23/h3-7,9,24H,8H2,1-2H3,(H2,17,18,19,20). The number of rotatable bonds is 4. The van der Waals surface area contributed by atoms with Gasteiger partial charge in [0.25, 0.3) is 11.8 Å². The van der Waals surface area contributed by atoms with Crippen LogP contribution in [-0.4, -0.2) is 44.5 Å². The Morgan fingerprint density at radius 3 is 2.46 bits per heavy atom. The average molecular weight is 327 g/mol. The van der Waals surface area contributed by atoms with Gasteiger partial charge in [-0.05, 0) is 19.1 Å². The van der Waals surface area contributed by atoms with E-state index >= 15 is 0 Å². The van der Waals surface area contributed by atoms with Crippen LogP contribution < -0.4 is 5.48 Å². The molecule has 1 aliphatic heterocycles. The molecule has 0 aliphatic carbocycles. The number of benzene rings is 1. The van der Waals surface area contributed by atoms with Crippen molar-refractivity contribution in [3.63, 3.8) is 0 Å². The number of hydrogen-bond acceptors (Lipinski definition) is 5. The van der Waals surface area contributed by atoms with Crippen LogP contribution in [0.5, 0.6) is 0 Å². The number of carbonyl (C=O) groups excluding carboxylic acids is 2. The van der Waals surface area contributed by atoms with Gasteiger partial charge in [0.2, 0.25) is 0 Å². The van der Waals surface area contributed by atoms with E-state index in [-0.39, 0.29) is 24.2 Å². The van der Waals surface area contributed by atoms with Crippen LogP contribution in [0.25, 0.3) is 0 Å². The maximum absolute atomic E-state index is 12.4. The molecule has 124 valence electrons. The van der Waals surface area contributed by atoms with Gasteiger partial charge in [0, 0.05) is 24.2 Å². The summed E-state index contributed by atoms with van der Waals surface area (Å²) >= 11 is 0. The van der Waals surface area contributed by atoms with E-state index in [0.29, 0.717) is 16.9 Å². The molecule has 0 spiro atoms. The van der Waals surface area contributed by atoms with E-state index in [4.69, 9.17) is 0 Å². The molecule has 2 aromatic rings. The summed E-state index contributed by atoms with van der Waals surface area (Å²) in [6, 6.07) is 8.42. The maximum Gasteiger partial charge on any atom is 0.261 e. The van der Waals surface area contributed by atoms with Gasteiger partial charge in [-0.25, -0.2) is 4.99 Å². The minimum Gasteiger partial charge on any atom is -0.290 e. The lowest BCUT2D eigenvalue weighted by atomic mass is 10.1. The molecule has 1 atom stereocenters. The molecule has 1 aromatic carbocycles. The molecule has 0 bridgehead atoms. The first-order valence-electron chi connectivity index (χ1n) is 7.47. The van der Waals surface area contributed by atoms with Crippen molar-refractivity contribution in [2.75, 3.05) is 6.54 Å². The summed E-state index contributed by atoms with van der Waals surface area (Å²) in [5.74, 6) is -0.448. The van der Waals surface area contributed by atoms with Gasteiger partial charge in [-0.1, -0.05) is 19.1 Å². The van der Waals surface area contributed by atoms with Gasteiger partial charge in [0.1, 0.15) is 5.84 Å². The number of nitrogens with zero attached hydrogens (tertiary/aromatic N) is 3. The highest BCUT2D eigenvalue weighted by Gasteiger charge is 2.36. The number of amidine groups is 1. The molecule has 0 fully saturated rings. The summed E-state index contributed by atoms with van der Waals surface area (Å²) in [7, 11) is 0. The Bertz CT molecular complexity index is 792. The second-order valence-electron chi connectivity index (χ2n) is 5.69. The van der Waals surface area contributed by atoms with Crippen LogP contribution in [0, 0.1) is 12.8 Å². The normalized spacial score (nSPS) is 15.6. The fourth-order valence-corrected chi connectivity index (χ4v) is 2.60. The predicted molar refractivity (Wildman–Crippen MR) is 86.3 cm³/mol. The largest absolute Gasteiger partial charge is 0.290 e. The van der Waals surface area contributed by atoms with E-state index in [2.05, 4.69) is 15.2 Å². The van der Waals surface area contributed by atoms with Gasteiger partial charge in [-0.15, -0.1) is 0 Å². The summed E-state index contributed by atoms with van der Waals surface area (Å²) in [6.07, 6.45) is 0. The summed E-state index contributed by atoms with van der Waals surface area (Å²) in [4.78, 5) is 30.1. The van der Waals surface area contributed by atoms with Gasteiger partial charge >= 0.3 is 0 Å². The van der Waals surface area contributed by atoms with E-state index in [1.54, 1.807) is 37.3 Å². The van der Waals surface area contributed by atoms with Crippen molar-refractivity contribution >= 4 is 23.5 Å². The minimum atomic E-state index is -0.394. The van der Waals surface area contributed by atoms with Gasteiger partial charge in [-0.2, -0.15) is 5.10 Å². The Kier molecular flexibility index (Phi) is 4.13. The zero-order valence-corrected chi connectivity index (χ0v) is 13.3. The molecule has 1 aromatic heterocycles. The fraction of sp³-hybridized carbons (Fsp3) is 0.250. The van der Waals surface area contributed by atoms with Crippen molar-refractivity contribution < 1.29 is 14.8 Å². The molecule has 8 heteroatoms. The topological polar surface area (TPSA) is 111 Å². The third-order valence-corrected chi connectivity index (χ3v) is 3.84. The number of hydroxylamine groups is 1. The summed E-state index contributed by atoms with van der Waals surface area (Å²) in [5.41, 5.74) is 3.66. The van der Waals surface area contributed by atoms with Crippen LogP contribution in [0.4, 0.5) is 5.82 Å². The number of H-pyrrole nitrogens is 1. The first-order valence-corrected chi connectivity index (χ1v) is 7.47. The SMILES string of the molecule is Cc1cc(N=C(NO)C(C)CN2C(=O)c3ccccc3C2=O)n[nH]1. The monoisotopic (exact) mass is 327 g/mol. The van der Waals surface area contributed by atoms with Gasteiger partial charge in [0.15, 0.2) is 5.82 Å². The van der Waals surface area contributed by atoms with Crippen LogP contribution in [0.2, 0.25) is 0 Å². The number of carbonyl (C=O) groups is 2. The third kappa shape index (κ3) is 2.79. The molecule has 1 aliphatic rings. The van der Waals surface area contributed by atoms with Crippen molar-refractivity contribution in [3.05, 3.63) is 47.2 Å². The number of fused-ring (bicyclic) bond motifs is 1. The second kappa shape index (κ2) is 6.25. The van der Waals surface area contributed by atoms with E-state index in [1.807, 2.05) is 12.4 Å². The van der Waals surface area contributed by atoms with Crippen LogP contribution in [0.1, 0.15) is 33.3 Å². The summed E-state index contributed by atoms with van der Waals surface area (Å²) in [6.45, 7) is 3.69. The van der Waals surface area contributed by atoms with Gasteiger partial charge in [-0.3, -0.25) is 30.3 Å². The highest BCUT2D eigenvalue weighted by molar-refractivity contribution is 6.21. The van der Waals surface area contributed by atoms with E-state index in [9.17, 15) is 14.8 Å². The predicted octanol–water partition coefficient (Wildman–Crippen LogP) is 1.66. The first-order chi connectivity index (χ1) is 11.5. The lowest BCUT2D eigenvalue weighted by Crippen LogP contribution is -2.39. The number of amides is 2. The molecule has 3 N–H and O–H groups in total. The summed E-state index contributed by atoms with van der Waals surface area (Å²) < 4.78 is 0. The molecule has 2 heterocycles. The zero-order chi connectivity index (χ0) is 17.3. The van der Waals surface area contributed by atoms with Crippen molar-refractivity contribution in [2.24, 2.45) is 10.9 Å². The van der Waals surface area contributed by atoms with Crippen molar-refractivity contribution in [1.82, 2.24) is 20.6 Å². The van der Waals surface area contributed by atoms with Crippen LogP contribution in [0.15, 0.2) is 35.3 Å². The number of hydrogen-bond donors (Lipinski definition) is 3. The van der Waals surface area contributed by atoms with Gasteiger partial charge < -0.3 is 0 Å². The molecule has 1 unspecified atom stereocenters. The van der Waals surface area contributed by atoms with Crippen molar-refractivity contribution in [2.45, 2.75) is 13.8 Å². The zero-order valence-electron chi connectivity index (χ0n) is 13.3. The van der Waals surface area contributed by atoms with E-state index in [0.717, 1.165) is 10.6 Å². The Labute approximate surface area is 138 Å². The molecule has 0 saturated heterocycles. The molecule has 0 radical (unpaired) electrons. The highest BCUT2D eigenvalue weighted by atomic mass is 16.5. The molecule has 3 rings (SSSR count). The average Bonchev–Trinajstić information content (AvgIpc) is 3.10. The Morgan fingerprint density at radius 2 is 1.96 bits per heavy atom. The molecule has 2 amide bonds.